The average Bonchev–Trinajstić information content (AvgIpc) is 3.28. The molecule has 1 unspecified atom stereocenters. The zero-order valence-electron chi connectivity index (χ0n) is 15.9. The number of aliphatic carboxylic acids is 1. The van der Waals surface area contributed by atoms with E-state index in [1.165, 1.54) is 11.3 Å². The molecular formula is C21H23N3O3S. The van der Waals surface area contributed by atoms with Crippen LogP contribution < -0.4 is 5.32 Å². The van der Waals surface area contributed by atoms with Crippen molar-refractivity contribution in [3.8, 4) is 5.13 Å². The second-order valence-corrected chi connectivity index (χ2v) is 7.60. The first-order valence-electron chi connectivity index (χ1n) is 9.11. The molecule has 0 spiro atoms. The summed E-state index contributed by atoms with van der Waals surface area (Å²) >= 11 is 1.51. The first kappa shape index (κ1) is 19.8. The molecule has 3 aromatic rings. The van der Waals surface area contributed by atoms with Crippen LogP contribution in [-0.2, 0) is 11.2 Å². The van der Waals surface area contributed by atoms with E-state index < -0.39 is 5.97 Å². The molecule has 0 fully saturated rings. The predicted octanol–water partition coefficient (Wildman–Crippen LogP) is 3.76. The summed E-state index contributed by atoms with van der Waals surface area (Å²) < 4.78 is 1.96. The first-order chi connectivity index (χ1) is 13.5. The van der Waals surface area contributed by atoms with E-state index in [1.54, 1.807) is 6.20 Å². The van der Waals surface area contributed by atoms with Gasteiger partial charge in [0, 0.05) is 35.4 Å². The molecule has 1 atom stereocenters. The van der Waals surface area contributed by atoms with Crippen molar-refractivity contribution in [3.63, 3.8) is 0 Å². The number of nitrogens with one attached hydrogen (secondary N) is 1. The van der Waals surface area contributed by atoms with Gasteiger partial charge in [-0.15, -0.1) is 11.3 Å². The Hall–Kier alpha value is -2.93. The van der Waals surface area contributed by atoms with Gasteiger partial charge in [-0.3, -0.25) is 14.2 Å². The van der Waals surface area contributed by atoms with Crippen molar-refractivity contribution >= 4 is 23.2 Å². The van der Waals surface area contributed by atoms with E-state index in [0.29, 0.717) is 18.4 Å². The lowest BCUT2D eigenvalue weighted by Gasteiger charge is -2.18. The number of aryl methyl sites for hydroxylation is 1. The number of carboxylic acid groups (broad SMARTS) is 1. The molecule has 1 amide bonds. The monoisotopic (exact) mass is 397 g/mol. The highest BCUT2D eigenvalue weighted by atomic mass is 32.1. The van der Waals surface area contributed by atoms with Crippen LogP contribution in [0.2, 0.25) is 0 Å². The number of carboxylic acids is 1. The number of rotatable bonds is 8. The number of amides is 1. The SMILES string of the molecule is Cc1cc(C(=O)NC(CCC(=O)O)Cc2ccccc2)c(C)n1-c1nccs1. The van der Waals surface area contributed by atoms with Crippen LogP contribution in [0.1, 0.15) is 40.2 Å². The van der Waals surface area contributed by atoms with Gasteiger partial charge in [0.15, 0.2) is 5.13 Å². The molecular weight excluding hydrogens is 374 g/mol. The van der Waals surface area contributed by atoms with E-state index in [2.05, 4.69) is 10.3 Å². The van der Waals surface area contributed by atoms with E-state index >= 15 is 0 Å². The Morgan fingerprint density at radius 3 is 2.64 bits per heavy atom. The molecule has 2 N–H and O–H groups in total. The summed E-state index contributed by atoms with van der Waals surface area (Å²) in [5.41, 5.74) is 3.40. The smallest absolute Gasteiger partial charge is 0.303 e. The number of nitrogens with zero attached hydrogens (tertiary/aromatic N) is 2. The van der Waals surface area contributed by atoms with Crippen LogP contribution in [-0.4, -0.2) is 32.6 Å². The topological polar surface area (TPSA) is 84.2 Å². The molecule has 6 nitrogen and oxygen atoms in total. The standard InChI is InChI=1S/C21H23N3O3S/c1-14-12-18(15(2)24(14)21-22-10-11-28-21)20(27)23-17(8-9-19(25)26)13-16-6-4-3-5-7-16/h3-7,10-12,17H,8-9,13H2,1-2H3,(H,23,27)(H,25,26). The van der Waals surface area contributed by atoms with Gasteiger partial charge >= 0.3 is 5.97 Å². The van der Waals surface area contributed by atoms with Crippen molar-refractivity contribution in [1.82, 2.24) is 14.9 Å². The molecule has 3 rings (SSSR count). The molecule has 0 radical (unpaired) electrons. The number of hydrogen-bond donors (Lipinski definition) is 2. The summed E-state index contributed by atoms with van der Waals surface area (Å²) in [7, 11) is 0. The molecule has 0 bridgehead atoms. The second kappa shape index (κ2) is 8.84. The number of thiazole rings is 1. The minimum atomic E-state index is -0.866. The fraction of sp³-hybridized carbons (Fsp3) is 0.286. The van der Waals surface area contributed by atoms with E-state index in [1.807, 2.05) is 60.2 Å². The van der Waals surface area contributed by atoms with Gasteiger partial charge in [0.25, 0.3) is 5.91 Å². The van der Waals surface area contributed by atoms with Crippen molar-refractivity contribution in [2.45, 2.75) is 39.2 Å². The van der Waals surface area contributed by atoms with Gasteiger partial charge < -0.3 is 10.4 Å². The lowest BCUT2D eigenvalue weighted by Crippen LogP contribution is -2.37. The molecule has 0 aliphatic carbocycles. The van der Waals surface area contributed by atoms with E-state index in [0.717, 1.165) is 22.1 Å². The molecule has 1 aromatic carbocycles. The zero-order chi connectivity index (χ0) is 20.1. The Bertz CT molecular complexity index is 949. The molecule has 7 heteroatoms. The lowest BCUT2D eigenvalue weighted by molar-refractivity contribution is -0.137. The fourth-order valence-electron chi connectivity index (χ4n) is 3.30. The lowest BCUT2D eigenvalue weighted by atomic mass is 10.0. The van der Waals surface area contributed by atoms with Crippen molar-refractivity contribution in [1.29, 1.82) is 0 Å². The summed E-state index contributed by atoms with van der Waals surface area (Å²) in [5.74, 6) is -1.06. The molecule has 0 aliphatic rings. The van der Waals surface area contributed by atoms with Crippen LogP contribution in [0, 0.1) is 13.8 Å². The van der Waals surface area contributed by atoms with Crippen LogP contribution in [0.25, 0.3) is 5.13 Å². The number of aromatic nitrogens is 2. The van der Waals surface area contributed by atoms with Crippen LogP contribution in [0.15, 0.2) is 48.0 Å². The second-order valence-electron chi connectivity index (χ2n) is 6.73. The Kier molecular flexibility index (Phi) is 6.26. The molecule has 2 heterocycles. The van der Waals surface area contributed by atoms with Crippen LogP contribution in [0.4, 0.5) is 0 Å². The Morgan fingerprint density at radius 2 is 2.00 bits per heavy atom. The van der Waals surface area contributed by atoms with E-state index in [-0.39, 0.29) is 18.4 Å². The first-order valence-corrected chi connectivity index (χ1v) is 9.99. The predicted molar refractivity (Wildman–Crippen MR) is 109 cm³/mol. The number of benzene rings is 1. The highest BCUT2D eigenvalue weighted by Gasteiger charge is 2.21. The van der Waals surface area contributed by atoms with Crippen molar-refractivity contribution < 1.29 is 14.7 Å². The average molecular weight is 398 g/mol. The van der Waals surface area contributed by atoms with E-state index in [9.17, 15) is 9.59 Å². The minimum Gasteiger partial charge on any atom is -0.481 e. The molecule has 2 aromatic heterocycles. The Balaban J connectivity index is 1.79. The number of carbonyl (C=O) groups is 2. The molecule has 146 valence electrons. The Labute approximate surface area is 167 Å². The normalized spacial score (nSPS) is 11.9. The summed E-state index contributed by atoms with van der Waals surface area (Å²) in [6, 6.07) is 11.4. The summed E-state index contributed by atoms with van der Waals surface area (Å²) in [6.07, 6.45) is 2.71. The van der Waals surface area contributed by atoms with Crippen molar-refractivity contribution in [2.24, 2.45) is 0 Å². The fourth-order valence-corrected chi connectivity index (χ4v) is 4.05. The number of carbonyl (C=O) groups excluding carboxylic acids is 1. The quantitative estimate of drug-likeness (QED) is 0.606. The highest BCUT2D eigenvalue weighted by molar-refractivity contribution is 7.12. The summed E-state index contributed by atoms with van der Waals surface area (Å²) in [4.78, 5) is 28.3. The minimum absolute atomic E-state index is 0.00984. The van der Waals surface area contributed by atoms with Gasteiger partial charge in [-0.1, -0.05) is 30.3 Å². The third-order valence-corrected chi connectivity index (χ3v) is 5.41. The molecule has 0 aliphatic heterocycles. The molecule has 0 saturated carbocycles. The molecule has 0 saturated heterocycles. The van der Waals surface area contributed by atoms with Crippen molar-refractivity contribution in [3.05, 3.63) is 70.5 Å². The van der Waals surface area contributed by atoms with Gasteiger partial charge in [-0.2, -0.15) is 0 Å². The maximum absolute atomic E-state index is 13.0. The maximum Gasteiger partial charge on any atom is 0.303 e. The number of hydrogen-bond acceptors (Lipinski definition) is 4. The summed E-state index contributed by atoms with van der Waals surface area (Å²) in [6.45, 7) is 3.84. The summed E-state index contributed by atoms with van der Waals surface area (Å²) in [5, 5.41) is 14.8. The van der Waals surface area contributed by atoms with Gasteiger partial charge in [-0.25, -0.2) is 4.98 Å². The van der Waals surface area contributed by atoms with Gasteiger partial charge in [-0.05, 0) is 38.3 Å². The highest BCUT2D eigenvalue weighted by Crippen LogP contribution is 2.22. The third-order valence-electron chi connectivity index (χ3n) is 4.65. The van der Waals surface area contributed by atoms with Crippen LogP contribution >= 0.6 is 11.3 Å². The van der Waals surface area contributed by atoms with Crippen LogP contribution in [0.5, 0.6) is 0 Å². The van der Waals surface area contributed by atoms with Gasteiger partial charge in [0.2, 0.25) is 0 Å². The van der Waals surface area contributed by atoms with E-state index in [4.69, 9.17) is 5.11 Å². The Morgan fingerprint density at radius 1 is 1.25 bits per heavy atom. The largest absolute Gasteiger partial charge is 0.481 e. The van der Waals surface area contributed by atoms with Crippen molar-refractivity contribution in [2.75, 3.05) is 0 Å². The molecule has 28 heavy (non-hydrogen) atoms. The van der Waals surface area contributed by atoms with Gasteiger partial charge in [0.05, 0.1) is 5.56 Å². The third kappa shape index (κ3) is 4.67. The van der Waals surface area contributed by atoms with Gasteiger partial charge in [0.1, 0.15) is 0 Å². The zero-order valence-corrected chi connectivity index (χ0v) is 16.7. The van der Waals surface area contributed by atoms with Crippen LogP contribution in [0.3, 0.4) is 0 Å². The maximum atomic E-state index is 13.0.